The van der Waals surface area contributed by atoms with Gasteiger partial charge in [0.1, 0.15) is 10.1 Å². The van der Waals surface area contributed by atoms with Crippen molar-refractivity contribution in [2.24, 2.45) is 0 Å². The normalized spacial score (nSPS) is 11.2. The summed E-state index contributed by atoms with van der Waals surface area (Å²) in [5.74, 6) is 0. The molecule has 5 heteroatoms. The Balaban J connectivity index is 0.00000144. The van der Waals surface area contributed by atoms with Crippen LogP contribution >= 0.6 is 0 Å². The van der Waals surface area contributed by atoms with Gasteiger partial charge >= 0.3 is 51.4 Å². The summed E-state index contributed by atoms with van der Waals surface area (Å²) >= 11 is 0. The van der Waals surface area contributed by atoms with Crippen molar-refractivity contribution in [1.82, 2.24) is 0 Å². The molecule has 0 saturated carbocycles. The zero-order valence-electron chi connectivity index (χ0n) is 10.0. The molecule has 2 aromatic carbocycles. The zero-order chi connectivity index (χ0) is 11.9. The monoisotopic (exact) mass is 274 g/mol. The zero-order valence-corrected chi connectivity index (χ0v) is 14.0. The Morgan fingerprint density at radius 1 is 1.06 bits per heavy atom. The third-order valence-corrected chi connectivity index (χ3v) is 3.71. The molecule has 0 fully saturated rings. The largest absolute Gasteiger partial charge is 1.00 e. The average molecular weight is 274 g/mol. The second-order valence-corrected chi connectivity index (χ2v) is 5.16. The molecule has 2 aromatic rings. The van der Waals surface area contributed by atoms with Gasteiger partial charge in [0.05, 0.1) is 4.90 Å². The van der Waals surface area contributed by atoms with Crippen LogP contribution in [0.2, 0.25) is 0 Å². The molecule has 0 aromatic heterocycles. The smallest absolute Gasteiger partial charge is 0.744 e. The van der Waals surface area contributed by atoms with Crippen molar-refractivity contribution in [1.29, 1.82) is 0 Å². The van der Waals surface area contributed by atoms with Crippen LogP contribution in [-0.2, 0) is 10.1 Å². The third kappa shape index (κ3) is 2.98. The first-order valence-electron chi connectivity index (χ1n) is 4.86. The minimum Gasteiger partial charge on any atom is -0.744 e. The van der Waals surface area contributed by atoms with E-state index in [1.165, 1.54) is 6.07 Å². The fraction of sp³-hybridized carbons (Fsp3) is 0.167. The van der Waals surface area contributed by atoms with E-state index in [0.717, 1.165) is 16.3 Å². The van der Waals surface area contributed by atoms with Crippen LogP contribution in [0.15, 0.2) is 35.2 Å². The van der Waals surface area contributed by atoms with E-state index in [1.54, 1.807) is 13.8 Å². The van der Waals surface area contributed by atoms with Crippen molar-refractivity contribution in [2.75, 3.05) is 0 Å². The van der Waals surface area contributed by atoms with E-state index in [9.17, 15) is 13.0 Å². The second kappa shape index (κ2) is 5.48. The van der Waals surface area contributed by atoms with Crippen molar-refractivity contribution < 1.29 is 64.4 Å². The predicted molar refractivity (Wildman–Crippen MR) is 61.4 cm³/mol. The number of aryl methyl sites for hydroxylation is 2. The van der Waals surface area contributed by atoms with Crippen LogP contribution in [0, 0.1) is 13.8 Å². The van der Waals surface area contributed by atoms with Gasteiger partial charge in [0.25, 0.3) is 0 Å². The molecule has 3 nitrogen and oxygen atoms in total. The third-order valence-electron chi connectivity index (χ3n) is 2.74. The van der Waals surface area contributed by atoms with Gasteiger partial charge in [0.15, 0.2) is 0 Å². The molecule has 0 bridgehead atoms. The molecular formula is C12H11KO3S. The van der Waals surface area contributed by atoms with E-state index >= 15 is 0 Å². The maximum Gasteiger partial charge on any atom is 1.00 e. The number of hydrogen-bond acceptors (Lipinski definition) is 3. The number of rotatable bonds is 1. The fourth-order valence-corrected chi connectivity index (χ4v) is 2.74. The van der Waals surface area contributed by atoms with E-state index in [2.05, 4.69) is 0 Å². The summed E-state index contributed by atoms with van der Waals surface area (Å²) in [7, 11) is -4.40. The minimum absolute atomic E-state index is 0. The molecule has 0 aliphatic rings. The summed E-state index contributed by atoms with van der Waals surface area (Å²) in [6, 6.07) is 8.90. The molecule has 0 heterocycles. The number of fused-ring (bicyclic) bond motifs is 1. The SMILES string of the molecule is Cc1cc(S(=O)(=O)[O-])c(C)c2ccccc12.[K+]. The topological polar surface area (TPSA) is 57.2 Å². The van der Waals surface area contributed by atoms with Crippen LogP contribution in [0.25, 0.3) is 10.8 Å². The van der Waals surface area contributed by atoms with E-state index in [4.69, 9.17) is 0 Å². The molecule has 0 radical (unpaired) electrons. The quantitative estimate of drug-likeness (QED) is 0.514. The average Bonchev–Trinajstić information content (AvgIpc) is 2.22. The van der Waals surface area contributed by atoms with E-state index in [-0.39, 0.29) is 56.3 Å². The van der Waals surface area contributed by atoms with E-state index in [1.807, 2.05) is 24.3 Å². The predicted octanol–water partition coefficient (Wildman–Crippen LogP) is -0.635. The van der Waals surface area contributed by atoms with Crippen LogP contribution in [0.3, 0.4) is 0 Å². The minimum atomic E-state index is -4.40. The molecule has 0 amide bonds. The van der Waals surface area contributed by atoms with E-state index < -0.39 is 10.1 Å². The van der Waals surface area contributed by atoms with Gasteiger partial charge in [-0.3, -0.25) is 0 Å². The molecule has 0 unspecified atom stereocenters. The van der Waals surface area contributed by atoms with Gasteiger partial charge in [-0.1, -0.05) is 24.3 Å². The van der Waals surface area contributed by atoms with Gasteiger partial charge in [-0.2, -0.15) is 0 Å². The van der Waals surface area contributed by atoms with Crippen molar-refractivity contribution in [2.45, 2.75) is 18.7 Å². The number of hydrogen-bond donors (Lipinski definition) is 0. The molecule has 0 aliphatic carbocycles. The Kier molecular flexibility index (Phi) is 4.94. The Morgan fingerprint density at radius 3 is 2.12 bits per heavy atom. The van der Waals surface area contributed by atoms with Crippen molar-refractivity contribution >= 4 is 20.9 Å². The van der Waals surface area contributed by atoms with Crippen LogP contribution in [-0.4, -0.2) is 13.0 Å². The maximum absolute atomic E-state index is 11.1. The molecule has 0 N–H and O–H groups in total. The first-order valence-corrected chi connectivity index (χ1v) is 6.27. The standard InChI is InChI=1S/C12H12O3S.K/c1-8-7-12(16(13,14)15)9(2)11-6-4-3-5-10(8)11;/h3-7H,1-2H3,(H,13,14,15);/q;+1/p-1. The van der Waals surface area contributed by atoms with Gasteiger partial charge in [-0.15, -0.1) is 0 Å². The van der Waals surface area contributed by atoms with Crippen LogP contribution in [0.5, 0.6) is 0 Å². The first kappa shape index (κ1) is 15.3. The Bertz CT molecular complexity index is 663. The summed E-state index contributed by atoms with van der Waals surface area (Å²) in [4.78, 5) is -0.122. The first-order chi connectivity index (χ1) is 7.41. The van der Waals surface area contributed by atoms with Crippen LogP contribution < -0.4 is 51.4 Å². The van der Waals surface area contributed by atoms with Gasteiger partial charge in [-0.25, -0.2) is 8.42 Å². The summed E-state index contributed by atoms with van der Waals surface area (Å²) in [6.07, 6.45) is 0. The molecule has 0 spiro atoms. The van der Waals surface area contributed by atoms with Gasteiger partial charge in [0, 0.05) is 0 Å². The van der Waals surface area contributed by atoms with Gasteiger partial charge in [-0.05, 0) is 41.8 Å². The molecule has 0 aliphatic heterocycles. The Labute approximate surface area is 143 Å². The molecule has 0 saturated heterocycles. The summed E-state index contributed by atoms with van der Waals surface area (Å²) < 4.78 is 33.3. The van der Waals surface area contributed by atoms with Crippen molar-refractivity contribution in [3.05, 3.63) is 41.5 Å². The molecule has 0 atom stereocenters. The van der Waals surface area contributed by atoms with Crippen LogP contribution in [0.1, 0.15) is 11.1 Å². The van der Waals surface area contributed by atoms with Crippen LogP contribution in [0.4, 0.5) is 0 Å². The van der Waals surface area contributed by atoms with Gasteiger partial charge in [0.2, 0.25) is 0 Å². The molecule has 17 heavy (non-hydrogen) atoms. The summed E-state index contributed by atoms with van der Waals surface area (Å²) in [5.41, 5.74) is 1.33. The maximum atomic E-state index is 11.1. The van der Waals surface area contributed by atoms with Gasteiger partial charge < -0.3 is 4.55 Å². The Morgan fingerprint density at radius 2 is 1.59 bits per heavy atom. The number of benzene rings is 2. The molecule has 84 valence electrons. The molecule has 2 rings (SSSR count). The fourth-order valence-electron chi connectivity index (χ4n) is 1.93. The second-order valence-electron chi connectivity index (χ2n) is 3.82. The summed E-state index contributed by atoms with van der Waals surface area (Å²) in [6.45, 7) is 3.46. The summed E-state index contributed by atoms with van der Waals surface area (Å²) in [5, 5.41) is 1.80. The molecular weight excluding hydrogens is 263 g/mol. The van der Waals surface area contributed by atoms with Crippen molar-refractivity contribution in [3.63, 3.8) is 0 Å². The van der Waals surface area contributed by atoms with E-state index in [0.29, 0.717) is 5.56 Å². The Hall–Kier alpha value is 0.246. The van der Waals surface area contributed by atoms with Crippen molar-refractivity contribution in [3.8, 4) is 0 Å².